The molecule has 128 valence electrons. The summed E-state index contributed by atoms with van der Waals surface area (Å²) in [5, 5.41) is 0. The summed E-state index contributed by atoms with van der Waals surface area (Å²) in [5.41, 5.74) is 3.66. The number of ether oxygens (including phenoxy) is 2. The lowest BCUT2D eigenvalue weighted by Crippen LogP contribution is -2.49. The summed E-state index contributed by atoms with van der Waals surface area (Å²) in [7, 11) is 0. The fourth-order valence-corrected chi connectivity index (χ4v) is 3.14. The number of carbonyl (C=O) groups is 2. The van der Waals surface area contributed by atoms with Crippen molar-refractivity contribution in [1.29, 1.82) is 0 Å². The molecule has 1 aliphatic heterocycles. The molecule has 1 fully saturated rings. The van der Waals surface area contributed by atoms with Crippen LogP contribution in [0.3, 0.4) is 0 Å². The molecule has 0 aromatic heterocycles. The van der Waals surface area contributed by atoms with Crippen molar-refractivity contribution in [2.24, 2.45) is 0 Å². The molecule has 2 rings (SSSR count). The summed E-state index contributed by atoms with van der Waals surface area (Å²) in [6.07, 6.45) is 3.85. The molecule has 1 saturated carbocycles. The number of hydrogen-bond donors (Lipinski definition) is 0. The van der Waals surface area contributed by atoms with E-state index in [1.165, 1.54) is 6.92 Å². The monoisotopic (exact) mass is 328 g/mol. The molecule has 0 bridgehead atoms. The van der Waals surface area contributed by atoms with Crippen molar-refractivity contribution in [3.63, 3.8) is 0 Å². The van der Waals surface area contributed by atoms with E-state index in [0.29, 0.717) is 5.57 Å². The Labute approximate surface area is 143 Å². The average Bonchev–Trinajstić information content (AvgIpc) is 2.82. The molecule has 0 aromatic carbocycles. The number of hydrogen-bond acceptors (Lipinski definition) is 4. The minimum Gasteiger partial charge on any atom is -0.458 e. The van der Waals surface area contributed by atoms with Gasteiger partial charge in [-0.3, -0.25) is 4.79 Å². The number of allylic oxidation sites excluding steroid dienone is 3. The Hall–Kier alpha value is -2.36. The van der Waals surface area contributed by atoms with Crippen molar-refractivity contribution in [2.75, 3.05) is 6.61 Å². The Balaban J connectivity index is 2.68. The van der Waals surface area contributed by atoms with Gasteiger partial charge in [0.1, 0.15) is 6.61 Å². The van der Waals surface area contributed by atoms with Crippen LogP contribution in [0.2, 0.25) is 0 Å². The lowest BCUT2D eigenvalue weighted by molar-refractivity contribution is -0.178. The van der Waals surface area contributed by atoms with Crippen LogP contribution in [0.1, 0.15) is 40.0 Å². The van der Waals surface area contributed by atoms with Crippen LogP contribution in [0.15, 0.2) is 59.3 Å². The molecule has 24 heavy (non-hydrogen) atoms. The van der Waals surface area contributed by atoms with Crippen molar-refractivity contribution >= 4 is 11.9 Å². The van der Waals surface area contributed by atoms with E-state index in [1.54, 1.807) is 6.92 Å². The van der Waals surface area contributed by atoms with Crippen molar-refractivity contribution in [1.82, 2.24) is 0 Å². The third-order valence-corrected chi connectivity index (χ3v) is 4.60. The Morgan fingerprint density at radius 3 is 2.46 bits per heavy atom. The molecule has 1 aliphatic carbocycles. The van der Waals surface area contributed by atoms with Gasteiger partial charge in [-0.2, -0.15) is 0 Å². The summed E-state index contributed by atoms with van der Waals surface area (Å²) >= 11 is 0. The second-order valence-electron chi connectivity index (χ2n) is 6.27. The van der Waals surface area contributed by atoms with E-state index < -0.39 is 17.5 Å². The minimum atomic E-state index is -1.43. The fraction of sp³-hybridized carbons (Fsp3) is 0.400. The van der Waals surface area contributed by atoms with Gasteiger partial charge in [0.25, 0.3) is 0 Å². The van der Waals surface area contributed by atoms with Crippen molar-refractivity contribution in [3.05, 3.63) is 59.3 Å². The van der Waals surface area contributed by atoms with Crippen molar-refractivity contribution in [2.45, 2.75) is 45.6 Å². The molecule has 0 N–H and O–H groups in total. The maximum Gasteiger partial charge on any atom is 0.355 e. The maximum atomic E-state index is 12.5. The smallest absolute Gasteiger partial charge is 0.355 e. The number of rotatable bonds is 4. The van der Waals surface area contributed by atoms with Gasteiger partial charge in [0.15, 0.2) is 0 Å². The molecule has 0 saturated heterocycles. The zero-order chi connectivity index (χ0) is 18.1. The van der Waals surface area contributed by atoms with E-state index in [4.69, 9.17) is 9.47 Å². The average molecular weight is 328 g/mol. The standard InChI is InChI=1S/C20H24O4/c1-7-20(24-15(6)21)18(10-16-9-8-13(4)14(16)5)17(12(2)3)11-23-19(20)22/h10H,2,4-5,7-9,11H2,1,3,6H3/b16-10+/t20-/m0/s1. The highest BCUT2D eigenvalue weighted by molar-refractivity contribution is 5.90. The van der Waals surface area contributed by atoms with E-state index in [2.05, 4.69) is 19.7 Å². The topological polar surface area (TPSA) is 52.6 Å². The lowest BCUT2D eigenvalue weighted by atomic mass is 9.81. The number of esters is 2. The zero-order valence-electron chi connectivity index (χ0n) is 14.7. The van der Waals surface area contributed by atoms with E-state index >= 15 is 0 Å². The number of cyclic esters (lactones) is 1. The van der Waals surface area contributed by atoms with Gasteiger partial charge in [0.2, 0.25) is 5.60 Å². The Kier molecular flexibility index (Phi) is 4.97. The first-order chi connectivity index (χ1) is 11.2. The maximum absolute atomic E-state index is 12.5. The second kappa shape index (κ2) is 6.63. The molecular weight excluding hydrogens is 304 g/mol. The zero-order valence-corrected chi connectivity index (χ0v) is 14.7. The molecule has 0 unspecified atom stereocenters. The van der Waals surface area contributed by atoms with Gasteiger partial charge in [-0.1, -0.05) is 38.3 Å². The first-order valence-corrected chi connectivity index (χ1v) is 8.07. The predicted molar refractivity (Wildman–Crippen MR) is 93.2 cm³/mol. The van der Waals surface area contributed by atoms with Crippen LogP contribution >= 0.6 is 0 Å². The van der Waals surface area contributed by atoms with E-state index in [0.717, 1.165) is 40.7 Å². The predicted octanol–water partition coefficient (Wildman–Crippen LogP) is 3.96. The van der Waals surface area contributed by atoms with Crippen LogP contribution in [-0.4, -0.2) is 24.1 Å². The van der Waals surface area contributed by atoms with Crippen LogP contribution < -0.4 is 0 Å². The highest BCUT2D eigenvalue weighted by Gasteiger charge is 2.49. The second-order valence-corrected chi connectivity index (χ2v) is 6.27. The van der Waals surface area contributed by atoms with E-state index in [-0.39, 0.29) is 13.0 Å². The molecule has 0 amide bonds. The Bertz CT molecular complexity index is 705. The van der Waals surface area contributed by atoms with Gasteiger partial charge < -0.3 is 9.47 Å². The fourth-order valence-electron chi connectivity index (χ4n) is 3.14. The summed E-state index contributed by atoms with van der Waals surface area (Å²) in [6.45, 7) is 17.1. The van der Waals surface area contributed by atoms with Crippen LogP contribution in [0.4, 0.5) is 0 Å². The quantitative estimate of drug-likeness (QED) is 0.733. The molecule has 0 aromatic rings. The van der Waals surface area contributed by atoms with Gasteiger partial charge in [-0.25, -0.2) is 4.79 Å². The molecule has 4 heteroatoms. The van der Waals surface area contributed by atoms with Crippen molar-refractivity contribution < 1.29 is 19.1 Å². The molecular formula is C20H24O4. The van der Waals surface area contributed by atoms with E-state index in [9.17, 15) is 9.59 Å². The summed E-state index contributed by atoms with van der Waals surface area (Å²) in [6, 6.07) is 0. The molecule has 1 atom stereocenters. The summed E-state index contributed by atoms with van der Waals surface area (Å²) < 4.78 is 10.8. The normalized spacial score (nSPS) is 26.0. The Morgan fingerprint density at radius 2 is 2.00 bits per heavy atom. The number of carbonyl (C=O) groups excluding carboxylic acids is 2. The van der Waals surface area contributed by atoms with Gasteiger partial charge >= 0.3 is 11.9 Å². The van der Waals surface area contributed by atoms with Crippen LogP contribution in [0, 0.1) is 0 Å². The summed E-state index contributed by atoms with van der Waals surface area (Å²) in [5.74, 6) is -1.07. The molecule has 4 nitrogen and oxygen atoms in total. The van der Waals surface area contributed by atoms with Gasteiger partial charge in [-0.15, -0.1) is 0 Å². The summed E-state index contributed by atoms with van der Waals surface area (Å²) in [4.78, 5) is 24.2. The SMILES string of the molecule is C=C(C)C1=C(/C=C2\CCC(=C)C2=C)[C@](CC)(OC(C)=O)C(=O)OC1. The van der Waals surface area contributed by atoms with E-state index in [1.807, 2.05) is 13.0 Å². The first-order valence-electron chi connectivity index (χ1n) is 8.07. The molecule has 0 radical (unpaired) electrons. The molecule has 0 spiro atoms. The molecule has 2 aliphatic rings. The Morgan fingerprint density at radius 1 is 1.33 bits per heavy atom. The van der Waals surface area contributed by atoms with Gasteiger partial charge in [0, 0.05) is 12.5 Å². The largest absolute Gasteiger partial charge is 0.458 e. The lowest BCUT2D eigenvalue weighted by Gasteiger charge is -2.36. The molecule has 1 heterocycles. The highest BCUT2D eigenvalue weighted by atomic mass is 16.6. The van der Waals surface area contributed by atoms with Crippen LogP contribution in [-0.2, 0) is 19.1 Å². The van der Waals surface area contributed by atoms with Crippen LogP contribution in [0.5, 0.6) is 0 Å². The third kappa shape index (κ3) is 3.01. The van der Waals surface area contributed by atoms with Crippen molar-refractivity contribution in [3.8, 4) is 0 Å². The third-order valence-electron chi connectivity index (χ3n) is 4.60. The van der Waals surface area contributed by atoms with Gasteiger partial charge in [-0.05, 0) is 48.5 Å². The minimum absolute atomic E-state index is 0.129. The highest BCUT2D eigenvalue weighted by Crippen LogP contribution is 2.41. The first kappa shape index (κ1) is 18.0. The van der Waals surface area contributed by atoms with Gasteiger partial charge in [0.05, 0.1) is 0 Å². The van der Waals surface area contributed by atoms with Crippen LogP contribution in [0.25, 0.3) is 0 Å².